The smallest absolute Gasteiger partial charge is 0.270 e. The summed E-state index contributed by atoms with van der Waals surface area (Å²) in [5.74, 6) is 0.817. The fourth-order valence-corrected chi connectivity index (χ4v) is 3.60. The van der Waals surface area contributed by atoms with Crippen molar-refractivity contribution < 1.29 is 19.3 Å². The van der Waals surface area contributed by atoms with E-state index in [1.165, 1.54) is 12.1 Å². The van der Waals surface area contributed by atoms with Crippen molar-refractivity contribution in [1.29, 1.82) is 0 Å². The SMILES string of the molecule is CCCCN(CCc1nc(-c2cccc([N+](=O)[O-])c2)no1)CC(O)CN1CCOCC1. The van der Waals surface area contributed by atoms with Crippen LogP contribution in [0.5, 0.6) is 0 Å². The quantitative estimate of drug-likeness (QED) is 0.396. The molecule has 2 aromatic rings. The zero-order chi connectivity index (χ0) is 22.1. The van der Waals surface area contributed by atoms with E-state index in [-0.39, 0.29) is 5.69 Å². The van der Waals surface area contributed by atoms with Crippen LogP contribution >= 0.6 is 0 Å². The summed E-state index contributed by atoms with van der Waals surface area (Å²) in [5, 5.41) is 25.5. The molecule has 1 aliphatic rings. The van der Waals surface area contributed by atoms with Crippen molar-refractivity contribution in [1.82, 2.24) is 19.9 Å². The number of aliphatic hydroxyl groups is 1. The number of β-amino-alcohol motifs (C(OH)–C–C–N with tert-alkyl or cyclic N) is 1. The van der Waals surface area contributed by atoms with Crippen LogP contribution in [-0.4, -0.2) is 88.6 Å². The molecule has 1 aromatic heterocycles. The van der Waals surface area contributed by atoms with Crippen molar-refractivity contribution in [3.05, 3.63) is 40.3 Å². The molecule has 1 aliphatic heterocycles. The van der Waals surface area contributed by atoms with E-state index < -0.39 is 11.0 Å². The van der Waals surface area contributed by atoms with E-state index in [4.69, 9.17) is 9.26 Å². The Morgan fingerprint density at radius 3 is 2.87 bits per heavy atom. The van der Waals surface area contributed by atoms with E-state index in [1.54, 1.807) is 12.1 Å². The third kappa shape index (κ3) is 7.35. The molecule has 0 bridgehead atoms. The molecule has 0 saturated carbocycles. The van der Waals surface area contributed by atoms with Gasteiger partial charge in [0.05, 0.1) is 24.2 Å². The summed E-state index contributed by atoms with van der Waals surface area (Å²) in [6.45, 7) is 8.10. The van der Waals surface area contributed by atoms with Crippen molar-refractivity contribution in [2.24, 2.45) is 0 Å². The normalized spacial score (nSPS) is 16.0. The average Bonchev–Trinajstić information content (AvgIpc) is 3.25. The molecule has 3 rings (SSSR count). The van der Waals surface area contributed by atoms with E-state index in [9.17, 15) is 15.2 Å². The van der Waals surface area contributed by atoms with E-state index in [0.717, 1.165) is 45.7 Å². The first kappa shape index (κ1) is 23.3. The zero-order valence-electron chi connectivity index (χ0n) is 18.0. The highest BCUT2D eigenvalue weighted by Gasteiger charge is 2.19. The van der Waals surface area contributed by atoms with Crippen molar-refractivity contribution >= 4 is 5.69 Å². The minimum atomic E-state index is -0.446. The molecule has 1 saturated heterocycles. The van der Waals surface area contributed by atoms with Gasteiger partial charge in [0.25, 0.3) is 5.69 Å². The first-order valence-corrected chi connectivity index (χ1v) is 10.8. The fourth-order valence-electron chi connectivity index (χ4n) is 3.60. The van der Waals surface area contributed by atoms with Gasteiger partial charge < -0.3 is 19.3 Å². The summed E-state index contributed by atoms with van der Waals surface area (Å²) in [6.07, 6.45) is 2.24. The van der Waals surface area contributed by atoms with Gasteiger partial charge in [-0.2, -0.15) is 4.98 Å². The molecule has 2 heterocycles. The molecule has 10 nitrogen and oxygen atoms in total. The second kappa shape index (κ2) is 11.8. The van der Waals surface area contributed by atoms with Gasteiger partial charge in [-0.1, -0.05) is 30.6 Å². The largest absolute Gasteiger partial charge is 0.390 e. The lowest BCUT2D eigenvalue weighted by molar-refractivity contribution is -0.384. The van der Waals surface area contributed by atoms with Gasteiger partial charge in [-0.25, -0.2) is 0 Å². The number of benzene rings is 1. The van der Waals surface area contributed by atoms with Crippen molar-refractivity contribution in [2.75, 3.05) is 52.5 Å². The zero-order valence-corrected chi connectivity index (χ0v) is 18.0. The van der Waals surface area contributed by atoms with Gasteiger partial charge in [-0.15, -0.1) is 0 Å². The highest BCUT2D eigenvalue weighted by atomic mass is 16.6. The Bertz CT molecular complexity index is 824. The van der Waals surface area contributed by atoms with E-state index >= 15 is 0 Å². The lowest BCUT2D eigenvalue weighted by Crippen LogP contribution is -2.45. The summed E-state index contributed by atoms with van der Waals surface area (Å²) in [7, 11) is 0. The number of morpholine rings is 1. The topological polar surface area (TPSA) is 118 Å². The number of hydrogen-bond donors (Lipinski definition) is 1. The number of non-ortho nitro benzene ring substituents is 1. The summed E-state index contributed by atoms with van der Waals surface area (Å²) < 4.78 is 10.7. The van der Waals surface area contributed by atoms with Crippen LogP contribution in [0.4, 0.5) is 5.69 Å². The number of nitrogens with zero attached hydrogens (tertiary/aromatic N) is 5. The van der Waals surface area contributed by atoms with Gasteiger partial charge in [0.1, 0.15) is 0 Å². The van der Waals surface area contributed by atoms with Crippen molar-refractivity contribution in [3.8, 4) is 11.4 Å². The first-order chi connectivity index (χ1) is 15.0. The molecule has 1 unspecified atom stereocenters. The monoisotopic (exact) mass is 433 g/mol. The number of unbranched alkanes of at least 4 members (excludes halogenated alkanes) is 1. The Morgan fingerprint density at radius 1 is 1.32 bits per heavy atom. The predicted octanol–water partition coefficient (Wildman–Crippen LogP) is 1.98. The third-order valence-electron chi connectivity index (χ3n) is 5.29. The Morgan fingerprint density at radius 2 is 2.13 bits per heavy atom. The second-order valence-corrected chi connectivity index (χ2v) is 7.79. The number of ether oxygens (including phenoxy) is 1. The molecule has 0 spiro atoms. The molecular weight excluding hydrogens is 402 g/mol. The van der Waals surface area contributed by atoms with Gasteiger partial charge in [-0.05, 0) is 13.0 Å². The lowest BCUT2D eigenvalue weighted by atomic mass is 10.2. The number of nitro benzene ring substituents is 1. The van der Waals surface area contributed by atoms with E-state index in [0.29, 0.717) is 43.3 Å². The molecule has 170 valence electrons. The Kier molecular flexibility index (Phi) is 8.89. The summed E-state index contributed by atoms with van der Waals surface area (Å²) in [5.41, 5.74) is 0.539. The highest BCUT2D eigenvalue weighted by molar-refractivity contribution is 5.58. The van der Waals surface area contributed by atoms with Crippen molar-refractivity contribution in [3.63, 3.8) is 0 Å². The maximum atomic E-state index is 11.0. The van der Waals surface area contributed by atoms with E-state index in [2.05, 4.69) is 26.9 Å². The molecule has 0 amide bonds. The summed E-state index contributed by atoms with van der Waals surface area (Å²) >= 11 is 0. The molecule has 1 atom stereocenters. The maximum Gasteiger partial charge on any atom is 0.270 e. The molecule has 0 aliphatic carbocycles. The minimum absolute atomic E-state index is 0.0103. The van der Waals surface area contributed by atoms with Crippen LogP contribution in [0.2, 0.25) is 0 Å². The molecule has 1 N–H and O–H groups in total. The van der Waals surface area contributed by atoms with Crippen LogP contribution in [0, 0.1) is 10.1 Å². The highest BCUT2D eigenvalue weighted by Crippen LogP contribution is 2.21. The third-order valence-corrected chi connectivity index (χ3v) is 5.29. The van der Waals surface area contributed by atoms with Gasteiger partial charge in [0.2, 0.25) is 11.7 Å². The number of hydrogen-bond acceptors (Lipinski definition) is 9. The first-order valence-electron chi connectivity index (χ1n) is 10.8. The number of nitro groups is 1. The maximum absolute atomic E-state index is 11.0. The van der Waals surface area contributed by atoms with Crippen LogP contribution in [0.3, 0.4) is 0 Å². The molecule has 1 fully saturated rings. The van der Waals surface area contributed by atoms with Crippen LogP contribution in [0.25, 0.3) is 11.4 Å². The average molecular weight is 434 g/mol. The number of aliphatic hydroxyl groups excluding tert-OH is 1. The molecule has 0 radical (unpaired) electrons. The van der Waals surface area contributed by atoms with Crippen molar-refractivity contribution in [2.45, 2.75) is 32.3 Å². The molecule has 31 heavy (non-hydrogen) atoms. The second-order valence-electron chi connectivity index (χ2n) is 7.79. The Balaban J connectivity index is 1.55. The van der Waals surface area contributed by atoms with Gasteiger partial charge in [-0.3, -0.25) is 15.0 Å². The number of rotatable bonds is 12. The van der Waals surface area contributed by atoms with Crippen LogP contribution < -0.4 is 0 Å². The molecule has 10 heteroatoms. The summed E-state index contributed by atoms with van der Waals surface area (Å²) in [4.78, 5) is 19.4. The predicted molar refractivity (Wildman–Crippen MR) is 115 cm³/mol. The van der Waals surface area contributed by atoms with E-state index in [1.807, 2.05) is 0 Å². The van der Waals surface area contributed by atoms with Crippen LogP contribution in [0.15, 0.2) is 28.8 Å². The summed E-state index contributed by atoms with van der Waals surface area (Å²) in [6, 6.07) is 6.19. The number of aromatic nitrogens is 2. The van der Waals surface area contributed by atoms with Crippen LogP contribution in [-0.2, 0) is 11.2 Å². The Labute approximate surface area is 181 Å². The fraction of sp³-hybridized carbons (Fsp3) is 0.619. The minimum Gasteiger partial charge on any atom is -0.390 e. The Hall–Kier alpha value is -2.40. The van der Waals surface area contributed by atoms with Gasteiger partial charge in [0, 0.05) is 56.8 Å². The standard InChI is InChI=1S/C21H31N5O5/c1-2-3-8-24(15-19(27)16-25-10-12-30-13-11-25)9-7-20-22-21(23-31-20)17-5-4-6-18(14-17)26(28)29/h4-6,14,19,27H,2-3,7-13,15-16H2,1H3. The van der Waals surface area contributed by atoms with Gasteiger partial charge >= 0.3 is 0 Å². The molecular formula is C21H31N5O5. The molecule has 1 aromatic carbocycles. The van der Waals surface area contributed by atoms with Gasteiger partial charge in [0.15, 0.2) is 0 Å². The van der Waals surface area contributed by atoms with Crippen LogP contribution in [0.1, 0.15) is 25.7 Å². The lowest BCUT2D eigenvalue weighted by Gasteiger charge is -2.31.